The molecular weight excluding hydrogens is 260 g/mol. The van der Waals surface area contributed by atoms with Gasteiger partial charge in [0.15, 0.2) is 6.61 Å². The number of nitrogens with zero attached hydrogens (tertiary/aromatic N) is 2. The van der Waals surface area contributed by atoms with Crippen molar-refractivity contribution < 1.29 is 9.53 Å². The third-order valence-corrected chi connectivity index (χ3v) is 3.40. The van der Waals surface area contributed by atoms with Gasteiger partial charge in [0.25, 0.3) is 5.91 Å². The summed E-state index contributed by atoms with van der Waals surface area (Å²) >= 11 is 1.54. The molecule has 0 fully saturated rings. The smallest absolute Gasteiger partial charge is 0.260 e. The Hall–Kier alpha value is -1.88. The largest absolute Gasteiger partial charge is 0.484 e. The molecule has 1 amide bonds. The average molecular weight is 276 g/mol. The molecule has 0 aliphatic carbocycles. The monoisotopic (exact) mass is 276 g/mol. The lowest BCUT2D eigenvalue weighted by Gasteiger charge is -2.16. The minimum Gasteiger partial charge on any atom is -0.484 e. The van der Waals surface area contributed by atoms with Crippen molar-refractivity contribution >= 4 is 17.2 Å². The number of carbonyl (C=O) groups is 1. The van der Waals surface area contributed by atoms with Crippen molar-refractivity contribution in [3.05, 3.63) is 46.4 Å². The SMILES string of the molecule is Cc1cccc(OCC(=O)N(C)Cc2nccs2)c1. The van der Waals surface area contributed by atoms with E-state index in [4.69, 9.17) is 4.74 Å². The van der Waals surface area contributed by atoms with Gasteiger partial charge in [-0.1, -0.05) is 12.1 Å². The Morgan fingerprint density at radius 1 is 1.47 bits per heavy atom. The molecule has 0 atom stereocenters. The lowest BCUT2D eigenvalue weighted by atomic mass is 10.2. The molecule has 2 rings (SSSR count). The van der Waals surface area contributed by atoms with Gasteiger partial charge in [0.2, 0.25) is 0 Å². The fourth-order valence-electron chi connectivity index (χ4n) is 1.58. The summed E-state index contributed by atoms with van der Waals surface area (Å²) in [5.41, 5.74) is 1.11. The zero-order chi connectivity index (χ0) is 13.7. The molecule has 0 radical (unpaired) electrons. The topological polar surface area (TPSA) is 42.4 Å². The molecule has 0 aliphatic rings. The van der Waals surface area contributed by atoms with Gasteiger partial charge in [-0.25, -0.2) is 4.98 Å². The minimum atomic E-state index is -0.0586. The summed E-state index contributed by atoms with van der Waals surface area (Å²) in [5, 5.41) is 2.82. The fourth-order valence-corrected chi connectivity index (χ4v) is 2.25. The van der Waals surface area contributed by atoms with Crippen molar-refractivity contribution in [2.24, 2.45) is 0 Å². The van der Waals surface area contributed by atoms with Crippen LogP contribution in [0, 0.1) is 6.92 Å². The second-order valence-corrected chi connectivity index (χ2v) is 5.26. The summed E-state index contributed by atoms with van der Waals surface area (Å²) in [6.45, 7) is 2.56. The van der Waals surface area contributed by atoms with Crippen LogP contribution in [0.3, 0.4) is 0 Å². The van der Waals surface area contributed by atoms with Crippen LogP contribution < -0.4 is 4.74 Å². The quantitative estimate of drug-likeness (QED) is 0.842. The highest BCUT2D eigenvalue weighted by Crippen LogP contribution is 2.12. The maximum atomic E-state index is 11.9. The fraction of sp³-hybridized carbons (Fsp3) is 0.286. The average Bonchev–Trinajstić information content (AvgIpc) is 2.89. The van der Waals surface area contributed by atoms with E-state index >= 15 is 0 Å². The third-order valence-electron chi connectivity index (χ3n) is 2.63. The number of hydrogen-bond donors (Lipinski definition) is 0. The van der Waals surface area contributed by atoms with E-state index in [2.05, 4.69) is 4.98 Å². The number of rotatable bonds is 5. The Morgan fingerprint density at radius 2 is 2.32 bits per heavy atom. The zero-order valence-corrected chi connectivity index (χ0v) is 11.8. The molecule has 1 aromatic heterocycles. The third kappa shape index (κ3) is 4.06. The molecule has 0 saturated carbocycles. The summed E-state index contributed by atoms with van der Waals surface area (Å²) < 4.78 is 5.48. The zero-order valence-electron chi connectivity index (χ0n) is 11.0. The summed E-state index contributed by atoms with van der Waals surface area (Å²) in [7, 11) is 1.75. The molecule has 0 unspecified atom stereocenters. The molecule has 1 heterocycles. The summed E-state index contributed by atoms with van der Waals surface area (Å²) in [5.74, 6) is 0.660. The van der Waals surface area contributed by atoms with Crippen LogP contribution >= 0.6 is 11.3 Å². The van der Waals surface area contributed by atoms with E-state index in [0.717, 1.165) is 16.3 Å². The maximum absolute atomic E-state index is 11.9. The van der Waals surface area contributed by atoms with E-state index in [0.29, 0.717) is 6.54 Å². The molecule has 100 valence electrons. The standard InChI is InChI=1S/C14H16N2O2S/c1-11-4-3-5-12(8-11)18-10-14(17)16(2)9-13-15-6-7-19-13/h3-8H,9-10H2,1-2H3. The van der Waals surface area contributed by atoms with Crippen LogP contribution in [0.25, 0.3) is 0 Å². The molecule has 2 aromatic rings. The summed E-state index contributed by atoms with van der Waals surface area (Å²) in [6.07, 6.45) is 1.74. The van der Waals surface area contributed by atoms with E-state index in [1.54, 1.807) is 18.1 Å². The number of ether oxygens (including phenoxy) is 1. The van der Waals surface area contributed by atoms with Gasteiger partial charge in [0.05, 0.1) is 6.54 Å². The van der Waals surface area contributed by atoms with Crippen LogP contribution in [-0.4, -0.2) is 29.4 Å². The lowest BCUT2D eigenvalue weighted by Crippen LogP contribution is -2.30. The summed E-state index contributed by atoms with van der Waals surface area (Å²) in [4.78, 5) is 17.7. The first kappa shape index (κ1) is 13.5. The number of benzene rings is 1. The second-order valence-electron chi connectivity index (χ2n) is 4.28. The molecule has 0 N–H and O–H groups in total. The molecule has 0 spiro atoms. The van der Waals surface area contributed by atoms with Crippen LogP contribution in [-0.2, 0) is 11.3 Å². The first-order chi connectivity index (χ1) is 9.15. The van der Waals surface area contributed by atoms with Crippen molar-refractivity contribution in [2.75, 3.05) is 13.7 Å². The van der Waals surface area contributed by atoms with E-state index < -0.39 is 0 Å². The molecule has 0 bridgehead atoms. The van der Waals surface area contributed by atoms with Crippen molar-refractivity contribution in [2.45, 2.75) is 13.5 Å². The Morgan fingerprint density at radius 3 is 3.00 bits per heavy atom. The molecule has 19 heavy (non-hydrogen) atoms. The van der Waals surface area contributed by atoms with Crippen molar-refractivity contribution in [1.82, 2.24) is 9.88 Å². The highest BCUT2D eigenvalue weighted by molar-refractivity contribution is 7.09. The number of amides is 1. The van der Waals surface area contributed by atoms with Crippen LogP contribution in [0.4, 0.5) is 0 Å². The molecule has 4 nitrogen and oxygen atoms in total. The van der Waals surface area contributed by atoms with Gasteiger partial charge in [0.1, 0.15) is 10.8 Å². The Kier molecular flexibility index (Phi) is 4.52. The van der Waals surface area contributed by atoms with Gasteiger partial charge in [-0.3, -0.25) is 4.79 Å². The van der Waals surface area contributed by atoms with Gasteiger partial charge in [-0.15, -0.1) is 11.3 Å². The van der Waals surface area contributed by atoms with E-state index in [1.807, 2.05) is 36.6 Å². The Balaban J connectivity index is 1.84. The predicted octanol–water partition coefficient (Wildman–Crippen LogP) is 2.49. The van der Waals surface area contributed by atoms with Crippen LogP contribution in [0.15, 0.2) is 35.8 Å². The van der Waals surface area contributed by atoms with Gasteiger partial charge in [-0.2, -0.15) is 0 Å². The molecule has 5 heteroatoms. The van der Waals surface area contributed by atoms with Crippen molar-refractivity contribution in [3.8, 4) is 5.75 Å². The minimum absolute atomic E-state index is 0.0470. The molecule has 0 saturated heterocycles. The second kappa shape index (κ2) is 6.33. The number of hydrogen-bond acceptors (Lipinski definition) is 4. The van der Waals surface area contributed by atoms with Gasteiger partial charge in [-0.05, 0) is 24.6 Å². The Labute approximate surface area is 116 Å². The van der Waals surface area contributed by atoms with Crippen molar-refractivity contribution in [1.29, 1.82) is 0 Å². The highest BCUT2D eigenvalue weighted by Gasteiger charge is 2.11. The number of thiazole rings is 1. The van der Waals surface area contributed by atoms with Gasteiger partial charge < -0.3 is 9.64 Å². The first-order valence-corrected chi connectivity index (χ1v) is 6.85. The number of aromatic nitrogens is 1. The number of carbonyl (C=O) groups excluding carboxylic acids is 1. The van der Waals surface area contributed by atoms with E-state index in [9.17, 15) is 4.79 Å². The molecule has 0 aliphatic heterocycles. The molecular formula is C14H16N2O2S. The normalized spacial score (nSPS) is 10.2. The lowest BCUT2D eigenvalue weighted by molar-refractivity contribution is -0.132. The van der Waals surface area contributed by atoms with Gasteiger partial charge in [0, 0.05) is 18.6 Å². The van der Waals surface area contributed by atoms with Crippen LogP contribution in [0.5, 0.6) is 5.75 Å². The summed E-state index contributed by atoms with van der Waals surface area (Å²) in [6, 6.07) is 7.66. The Bertz CT molecular complexity index is 540. The van der Waals surface area contributed by atoms with E-state index in [1.165, 1.54) is 11.3 Å². The maximum Gasteiger partial charge on any atom is 0.260 e. The number of likely N-dealkylation sites (N-methyl/N-ethyl adjacent to an activating group) is 1. The highest BCUT2D eigenvalue weighted by atomic mass is 32.1. The van der Waals surface area contributed by atoms with E-state index in [-0.39, 0.29) is 12.5 Å². The predicted molar refractivity (Wildman–Crippen MR) is 75.3 cm³/mol. The first-order valence-electron chi connectivity index (χ1n) is 5.97. The molecule has 1 aromatic carbocycles. The van der Waals surface area contributed by atoms with Crippen molar-refractivity contribution in [3.63, 3.8) is 0 Å². The van der Waals surface area contributed by atoms with Crippen LogP contribution in [0.2, 0.25) is 0 Å². The number of aryl methyl sites for hydroxylation is 1. The van der Waals surface area contributed by atoms with Crippen LogP contribution in [0.1, 0.15) is 10.6 Å². The van der Waals surface area contributed by atoms with Gasteiger partial charge >= 0.3 is 0 Å².